The van der Waals surface area contributed by atoms with E-state index in [0.29, 0.717) is 33.8 Å². The summed E-state index contributed by atoms with van der Waals surface area (Å²) in [6, 6.07) is 78.3. The van der Waals surface area contributed by atoms with Crippen LogP contribution in [0.2, 0.25) is 0 Å². The van der Waals surface area contributed by atoms with Crippen LogP contribution in [0.15, 0.2) is 218 Å². The third-order valence-corrected chi connectivity index (χ3v) is 14.7. The molecule has 10 heteroatoms. The molecule has 0 spiro atoms. The lowest BCUT2D eigenvalue weighted by atomic mass is 9.93. The molecule has 13 rings (SSSR count). The Hall–Kier alpha value is -12.2. The summed E-state index contributed by atoms with van der Waals surface area (Å²) in [4.78, 5) is 21.4. The van der Waals surface area contributed by atoms with Crippen LogP contribution in [0.3, 0.4) is 0 Å². The lowest BCUT2D eigenvalue weighted by Crippen LogP contribution is -2.02. The van der Waals surface area contributed by atoms with Gasteiger partial charge in [0.25, 0.3) is 0 Å². The Balaban J connectivity index is 1.15. The van der Waals surface area contributed by atoms with Gasteiger partial charge < -0.3 is 9.13 Å². The van der Waals surface area contributed by atoms with Crippen LogP contribution in [0.4, 0.5) is 17.1 Å². The zero-order valence-corrected chi connectivity index (χ0v) is 42.3. The van der Waals surface area contributed by atoms with Crippen molar-refractivity contribution in [3.63, 3.8) is 0 Å². The van der Waals surface area contributed by atoms with Gasteiger partial charge >= 0.3 is 0 Å². The molecule has 0 aliphatic carbocycles. The van der Waals surface area contributed by atoms with Crippen molar-refractivity contribution in [1.29, 1.82) is 15.8 Å². The number of nitrogens with zero attached hydrogens (tertiary/aromatic N) is 10. The van der Waals surface area contributed by atoms with E-state index in [-0.39, 0.29) is 33.8 Å². The van der Waals surface area contributed by atoms with Crippen molar-refractivity contribution in [2.24, 2.45) is 0 Å². The van der Waals surface area contributed by atoms with E-state index in [1.165, 1.54) is 24.3 Å². The maximum atomic E-state index is 10.5. The molecular formula is C70H36N10. The third-order valence-electron chi connectivity index (χ3n) is 14.7. The first-order chi connectivity index (χ1) is 39.4. The predicted molar refractivity (Wildman–Crippen MR) is 316 cm³/mol. The Kier molecular flexibility index (Phi) is 11.6. The van der Waals surface area contributed by atoms with E-state index in [1.807, 2.05) is 103 Å². The highest BCUT2D eigenvalue weighted by Gasteiger charge is 2.25. The number of aromatic nitrogens is 4. The van der Waals surface area contributed by atoms with Crippen LogP contribution in [0.25, 0.3) is 137 Å². The predicted octanol–water partition coefficient (Wildman–Crippen LogP) is 17.9. The lowest BCUT2D eigenvalue weighted by molar-refractivity contribution is 1.15. The van der Waals surface area contributed by atoms with Crippen LogP contribution >= 0.6 is 0 Å². The number of para-hydroxylation sites is 3. The molecule has 80 heavy (non-hydrogen) atoms. The van der Waals surface area contributed by atoms with Crippen molar-refractivity contribution in [2.45, 2.75) is 0 Å². The van der Waals surface area contributed by atoms with E-state index in [2.05, 4.69) is 133 Å². The molecule has 0 bridgehead atoms. The summed E-state index contributed by atoms with van der Waals surface area (Å²) in [5, 5.41) is 35.4. The maximum absolute atomic E-state index is 10.5. The second-order valence-corrected chi connectivity index (χ2v) is 19.1. The highest BCUT2D eigenvalue weighted by Crippen LogP contribution is 2.46. The van der Waals surface area contributed by atoms with E-state index in [1.54, 1.807) is 0 Å². The normalized spacial score (nSPS) is 10.9. The first-order valence-electron chi connectivity index (χ1n) is 25.4. The standard InChI is InChI=1S/C70H36N10/c1-74-51-32-48(40-71)68(49(33-51)41-72)46-27-30-65-57(35-46)58-36-47(69-50(42-73)34-52(75-2)38-61(69)76-3)28-31-66(58)80(65)67-37-45(60-39-59(43-16-6-4-7-17-43)77-70(78-60)44-18-8-5-9-19-44)26-29-56(67)55-22-12-15-25-64(55)79-62-23-13-10-20-53(62)54-21-11-14-24-63(54)79/h4-39H. The Morgan fingerprint density at radius 1 is 0.350 bits per heavy atom. The Morgan fingerprint density at radius 3 is 1.40 bits per heavy atom. The summed E-state index contributed by atoms with van der Waals surface area (Å²) in [5.74, 6) is 0.569. The van der Waals surface area contributed by atoms with E-state index in [4.69, 9.17) is 29.7 Å². The quantitative estimate of drug-likeness (QED) is 0.140. The van der Waals surface area contributed by atoms with Gasteiger partial charge in [-0.1, -0.05) is 146 Å². The number of fused-ring (bicyclic) bond motifs is 6. The zero-order valence-electron chi connectivity index (χ0n) is 42.3. The second kappa shape index (κ2) is 19.5. The number of benzene rings is 10. The van der Waals surface area contributed by atoms with Gasteiger partial charge in [0.15, 0.2) is 22.9 Å². The largest absolute Gasteiger partial charge is 0.309 e. The van der Waals surface area contributed by atoms with Crippen LogP contribution in [0.5, 0.6) is 0 Å². The number of hydrogen-bond acceptors (Lipinski definition) is 5. The Bertz CT molecular complexity index is 4690. The maximum Gasteiger partial charge on any atom is 0.189 e. The highest BCUT2D eigenvalue weighted by molar-refractivity contribution is 6.14. The SMILES string of the molecule is [C-]#[N+]c1cc(C#N)c(-c2ccc3c(c2)c2cc(-c4c(C#N)cc([N+]#[C-])cc4[N+]#[C-])ccc2n3-c2cc(-c3cc(-c4ccccc4)nc(-c4ccccc4)n3)ccc2-c2ccccc2-n2c3ccccc3c3ccccc32)c(C#N)c1. The van der Waals surface area contributed by atoms with Gasteiger partial charge in [0, 0.05) is 66.1 Å². The summed E-state index contributed by atoms with van der Waals surface area (Å²) in [7, 11) is 0. The van der Waals surface area contributed by atoms with Gasteiger partial charge in [-0.2, -0.15) is 15.8 Å². The molecule has 3 heterocycles. The van der Waals surface area contributed by atoms with Gasteiger partial charge in [-0.05, 0) is 83.9 Å². The monoisotopic (exact) mass is 1020 g/mol. The van der Waals surface area contributed by atoms with E-state index in [0.717, 1.165) is 88.5 Å². The fourth-order valence-electron chi connectivity index (χ4n) is 11.2. The lowest BCUT2D eigenvalue weighted by Gasteiger charge is -2.20. The van der Waals surface area contributed by atoms with Crippen LogP contribution in [0.1, 0.15) is 16.7 Å². The van der Waals surface area contributed by atoms with Gasteiger partial charge in [-0.3, -0.25) is 0 Å². The minimum atomic E-state index is 0.169. The van der Waals surface area contributed by atoms with Crippen molar-refractivity contribution in [2.75, 3.05) is 0 Å². The van der Waals surface area contributed by atoms with Crippen LogP contribution < -0.4 is 0 Å². The van der Waals surface area contributed by atoms with Gasteiger partial charge in [0.1, 0.15) is 0 Å². The fraction of sp³-hybridized carbons (Fsp3) is 0. The average Bonchev–Trinajstić information content (AvgIpc) is 4.10. The van der Waals surface area contributed by atoms with E-state index in [9.17, 15) is 15.8 Å². The molecular weight excluding hydrogens is 981 g/mol. The molecule has 0 saturated heterocycles. The third kappa shape index (κ3) is 7.84. The Morgan fingerprint density at radius 2 is 0.812 bits per heavy atom. The van der Waals surface area contributed by atoms with Gasteiger partial charge in [0.05, 0.1) is 93.9 Å². The summed E-state index contributed by atoms with van der Waals surface area (Å²) in [6.07, 6.45) is 0. The summed E-state index contributed by atoms with van der Waals surface area (Å²) in [5.41, 5.74) is 14.4. The fourth-order valence-corrected chi connectivity index (χ4v) is 11.2. The average molecular weight is 1020 g/mol. The Labute approximate surface area is 459 Å². The number of hydrogen-bond donors (Lipinski definition) is 0. The molecule has 0 atom stereocenters. The van der Waals surface area contributed by atoms with E-state index >= 15 is 0 Å². The molecule has 3 aromatic heterocycles. The second-order valence-electron chi connectivity index (χ2n) is 19.1. The van der Waals surface area contributed by atoms with Crippen LogP contribution in [-0.4, -0.2) is 19.1 Å². The van der Waals surface area contributed by atoms with Crippen molar-refractivity contribution in [3.8, 4) is 96.9 Å². The van der Waals surface area contributed by atoms with Crippen molar-refractivity contribution >= 4 is 60.7 Å². The smallest absolute Gasteiger partial charge is 0.189 e. The van der Waals surface area contributed by atoms with Crippen LogP contribution in [-0.2, 0) is 0 Å². The van der Waals surface area contributed by atoms with Gasteiger partial charge in [0.2, 0.25) is 0 Å². The molecule has 10 aromatic carbocycles. The molecule has 0 amide bonds. The van der Waals surface area contributed by atoms with Gasteiger partial charge in [-0.25, -0.2) is 24.5 Å². The van der Waals surface area contributed by atoms with Crippen molar-refractivity contribution in [3.05, 3.63) is 269 Å². The first-order valence-corrected chi connectivity index (χ1v) is 25.4. The molecule has 0 fully saturated rings. The zero-order chi connectivity index (χ0) is 54.4. The summed E-state index contributed by atoms with van der Waals surface area (Å²) in [6.45, 7) is 23.7. The molecule has 0 unspecified atom stereocenters. The molecule has 0 saturated carbocycles. The van der Waals surface area contributed by atoms with Crippen LogP contribution in [0, 0.1) is 53.7 Å². The highest BCUT2D eigenvalue weighted by atomic mass is 15.0. The number of nitriles is 3. The minimum absolute atomic E-state index is 0.169. The van der Waals surface area contributed by atoms with Crippen molar-refractivity contribution < 1.29 is 0 Å². The first kappa shape index (κ1) is 47.5. The molecule has 366 valence electrons. The molecule has 0 radical (unpaired) electrons. The summed E-state index contributed by atoms with van der Waals surface area (Å²) < 4.78 is 4.54. The molecule has 0 aliphatic heterocycles. The van der Waals surface area contributed by atoms with Gasteiger partial charge in [-0.15, -0.1) is 0 Å². The topological polar surface area (TPSA) is 120 Å². The number of rotatable bonds is 8. The van der Waals surface area contributed by atoms with Crippen molar-refractivity contribution in [1.82, 2.24) is 19.1 Å². The molecule has 10 nitrogen and oxygen atoms in total. The van der Waals surface area contributed by atoms with E-state index < -0.39 is 0 Å². The molecule has 0 aliphatic rings. The molecule has 0 N–H and O–H groups in total. The summed E-state index contributed by atoms with van der Waals surface area (Å²) >= 11 is 0. The minimum Gasteiger partial charge on any atom is -0.309 e. The molecule has 13 aromatic rings.